The number of rotatable bonds is 5. The summed E-state index contributed by atoms with van der Waals surface area (Å²) in [5.74, 6) is -0.916. The predicted octanol–water partition coefficient (Wildman–Crippen LogP) is 1.43. The third-order valence-corrected chi connectivity index (χ3v) is 2.61. The molecule has 0 aliphatic carbocycles. The van der Waals surface area contributed by atoms with Crippen molar-refractivity contribution in [2.75, 3.05) is 5.32 Å². The monoisotopic (exact) mass is 286 g/mol. The smallest absolute Gasteiger partial charge is 0.319 e. The first-order chi connectivity index (χ1) is 10.1. The number of aliphatic carboxylic acids is 1. The Kier molecular flexibility index (Phi) is 4.81. The van der Waals surface area contributed by atoms with E-state index in [1.165, 1.54) is 6.33 Å². The Hall–Kier alpha value is -2.96. The van der Waals surface area contributed by atoms with Gasteiger partial charge in [-0.3, -0.25) is 4.79 Å². The van der Waals surface area contributed by atoms with Crippen LogP contribution in [-0.4, -0.2) is 27.1 Å². The zero-order valence-corrected chi connectivity index (χ0v) is 11.1. The SMILES string of the molecule is O=C(O)Cc1cccc(NC(=O)NCc2ccncn2)c1. The Morgan fingerprint density at radius 3 is 2.81 bits per heavy atom. The number of carboxylic acids is 1. The van der Waals surface area contributed by atoms with Crippen molar-refractivity contribution in [3.05, 3.63) is 54.1 Å². The minimum atomic E-state index is -0.916. The van der Waals surface area contributed by atoms with Gasteiger partial charge in [-0.1, -0.05) is 12.1 Å². The number of aromatic nitrogens is 2. The average Bonchev–Trinajstić information content (AvgIpc) is 2.46. The van der Waals surface area contributed by atoms with Gasteiger partial charge in [-0.2, -0.15) is 0 Å². The van der Waals surface area contributed by atoms with Crippen molar-refractivity contribution in [2.24, 2.45) is 0 Å². The van der Waals surface area contributed by atoms with Gasteiger partial charge >= 0.3 is 12.0 Å². The van der Waals surface area contributed by atoms with Crippen LogP contribution in [0.3, 0.4) is 0 Å². The van der Waals surface area contributed by atoms with E-state index in [0.29, 0.717) is 16.9 Å². The van der Waals surface area contributed by atoms with Crippen molar-refractivity contribution in [3.63, 3.8) is 0 Å². The molecular formula is C14H14N4O3. The predicted molar refractivity (Wildman–Crippen MR) is 75.7 cm³/mol. The van der Waals surface area contributed by atoms with Crippen molar-refractivity contribution in [1.29, 1.82) is 0 Å². The summed E-state index contributed by atoms with van der Waals surface area (Å²) in [6.45, 7) is 0.281. The molecule has 108 valence electrons. The van der Waals surface area contributed by atoms with Gasteiger partial charge < -0.3 is 15.7 Å². The Morgan fingerprint density at radius 1 is 1.24 bits per heavy atom. The molecule has 7 nitrogen and oxygen atoms in total. The molecule has 0 bridgehead atoms. The molecule has 2 aromatic rings. The van der Waals surface area contributed by atoms with E-state index in [9.17, 15) is 9.59 Å². The molecule has 2 rings (SSSR count). The lowest BCUT2D eigenvalue weighted by Crippen LogP contribution is -2.28. The van der Waals surface area contributed by atoms with E-state index in [-0.39, 0.29) is 19.0 Å². The largest absolute Gasteiger partial charge is 0.481 e. The molecule has 1 aromatic heterocycles. The summed E-state index contributed by atoms with van der Waals surface area (Å²) in [7, 11) is 0. The number of amides is 2. The fourth-order valence-corrected chi connectivity index (χ4v) is 1.70. The molecule has 0 spiro atoms. The number of carbonyl (C=O) groups is 2. The molecule has 21 heavy (non-hydrogen) atoms. The number of benzene rings is 1. The number of anilines is 1. The molecule has 2 amide bonds. The van der Waals surface area contributed by atoms with Gasteiger partial charge in [0.05, 0.1) is 18.7 Å². The summed E-state index contributed by atoms with van der Waals surface area (Å²) in [5.41, 5.74) is 1.85. The molecule has 0 unspecified atom stereocenters. The fraction of sp³-hybridized carbons (Fsp3) is 0.143. The van der Waals surface area contributed by atoms with Crippen LogP contribution in [0, 0.1) is 0 Å². The first-order valence-electron chi connectivity index (χ1n) is 6.24. The highest BCUT2D eigenvalue weighted by atomic mass is 16.4. The van der Waals surface area contributed by atoms with Gasteiger partial charge in [0.25, 0.3) is 0 Å². The molecule has 0 saturated heterocycles. The van der Waals surface area contributed by atoms with Gasteiger partial charge in [-0.05, 0) is 23.8 Å². The van der Waals surface area contributed by atoms with E-state index in [2.05, 4.69) is 20.6 Å². The van der Waals surface area contributed by atoms with E-state index in [1.54, 1.807) is 36.5 Å². The third-order valence-electron chi connectivity index (χ3n) is 2.61. The number of carbonyl (C=O) groups excluding carboxylic acids is 1. The second kappa shape index (κ2) is 6.99. The summed E-state index contributed by atoms with van der Waals surface area (Å²) in [5, 5.41) is 14.0. The van der Waals surface area contributed by atoms with Gasteiger partial charge in [0.2, 0.25) is 0 Å². The van der Waals surface area contributed by atoms with E-state index >= 15 is 0 Å². The Balaban J connectivity index is 1.89. The van der Waals surface area contributed by atoms with Crippen molar-refractivity contribution in [1.82, 2.24) is 15.3 Å². The lowest BCUT2D eigenvalue weighted by molar-refractivity contribution is -0.136. The Morgan fingerprint density at radius 2 is 2.10 bits per heavy atom. The molecule has 0 radical (unpaired) electrons. The van der Waals surface area contributed by atoms with Crippen molar-refractivity contribution >= 4 is 17.7 Å². The lowest BCUT2D eigenvalue weighted by atomic mass is 10.1. The van der Waals surface area contributed by atoms with Crippen LogP contribution in [-0.2, 0) is 17.8 Å². The summed E-state index contributed by atoms with van der Waals surface area (Å²) < 4.78 is 0. The molecule has 7 heteroatoms. The maximum absolute atomic E-state index is 11.7. The number of nitrogens with zero attached hydrogens (tertiary/aromatic N) is 2. The summed E-state index contributed by atoms with van der Waals surface area (Å²) in [6.07, 6.45) is 2.92. The number of urea groups is 1. The summed E-state index contributed by atoms with van der Waals surface area (Å²) in [6, 6.07) is 8.01. The maximum atomic E-state index is 11.7. The van der Waals surface area contributed by atoms with Crippen LogP contribution in [0.1, 0.15) is 11.3 Å². The van der Waals surface area contributed by atoms with E-state index in [1.807, 2.05) is 0 Å². The zero-order chi connectivity index (χ0) is 15.1. The summed E-state index contributed by atoms with van der Waals surface area (Å²) >= 11 is 0. The molecular weight excluding hydrogens is 272 g/mol. The average molecular weight is 286 g/mol. The second-order valence-corrected chi connectivity index (χ2v) is 4.28. The van der Waals surface area contributed by atoms with Crippen molar-refractivity contribution in [3.8, 4) is 0 Å². The molecule has 0 aliphatic heterocycles. The van der Waals surface area contributed by atoms with Crippen LogP contribution in [0.25, 0.3) is 0 Å². The highest BCUT2D eigenvalue weighted by Gasteiger charge is 2.05. The molecule has 3 N–H and O–H groups in total. The first kappa shape index (κ1) is 14.4. The van der Waals surface area contributed by atoms with Gasteiger partial charge in [0.15, 0.2) is 0 Å². The zero-order valence-electron chi connectivity index (χ0n) is 11.1. The van der Waals surface area contributed by atoms with E-state index < -0.39 is 5.97 Å². The van der Waals surface area contributed by atoms with Crippen molar-refractivity contribution < 1.29 is 14.7 Å². The van der Waals surface area contributed by atoms with Gasteiger partial charge in [-0.15, -0.1) is 0 Å². The second-order valence-electron chi connectivity index (χ2n) is 4.28. The Labute approximate surface area is 121 Å². The molecule has 1 heterocycles. The van der Waals surface area contributed by atoms with E-state index in [0.717, 1.165) is 0 Å². The van der Waals surface area contributed by atoms with Crippen LogP contribution in [0.5, 0.6) is 0 Å². The van der Waals surface area contributed by atoms with Crippen LogP contribution >= 0.6 is 0 Å². The maximum Gasteiger partial charge on any atom is 0.319 e. The van der Waals surface area contributed by atoms with Crippen LogP contribution in [0.2, 0.25) is 0 Å². The fourth-order valence-electron chi connectivity index (χ4n) is 1.70. The standard InChI is InChI=1S/C14H14N4O3/c19-13(20)7-10-2-1-3-11(6-10)18-14(21)16-8-12-4-5-15-9-17-12/h1-6,9H,7-8H2,(H,19,20)(H2,16,18,21). The summed E-state index contributed by atoms with van der Waals surface area (Å²) in [4.78, 5) is 30.2. The lowest BCUT2D eigenvalue weighted by Gasteiger charge is -2.08. The van der Waals surface area contributed by atoms with E-state index in [4.69, 9.17) is 5.11 Å². The van der Waals surface area contributed by atoms with Gasteiger partial charge in [-0.25, -0.2) is 14.8 Å². The minimum absolute atomic E-state index is 0.0852. The van der Waals surface area contributed by atoms with Crippen LogP contribution < -0.4 is 10.6 Å². The highest BCUT2D eigenvalue weighted by molar-refractivity contribution is 5.89. The molecule has 1 aromatic carbocycles. The number of hydrogen-bond acceptors (Lipinski definition) is 4. The highest BCUT2D eigenvalue weighted by Crippen LogP contribution is 2.11. The van der Waals surface area contributed by atoms with Crippen molar-refractivity contribution in [2.45, 2.75) is 13.0 Å². The van der Waals surface area contributed by atoms with Crippen LogP contribution in [0.15, 0.2) is 42.9 Å². The molecule has 0 aliphatic rings. The molecule has 0 saturated carbocycles. The minimum Gasteiger partial charge on any atom is -0.481 e. The molecule has 0 fully saturated rings. The first-order valence-corrected chi connectivity index (χ1v) is 6.24. The van der Waals surface area contributed by atoms with Crippen LogP contribution in [0.4, 0.5) is 10.5 Å². The number of carboxylic acid groups (broad SMARTS) is 1. The third kappa shape index (κ3) is 4.90. The molecule has 0 atom stereocenters. The topological polar surface area (TPSA) is 104 Å². The van der Waals surface area contributed by atoms with Gasteiger partial charge in [0.1, 0.15) is 6.33 Å². The normalized spacial score (nSPS) is 9.90. The van der Waals surface area contributed by atoms with Gasteiger partial charge in [0, 0.05) is 11.9 Å². The quantitative estimate of drug-likeness (QED) is 0.771. The number of hydrogen-bond donors (Lipinski definition) is 3. The number of nitrogens with one attached hydrogen (secondary N) is 2. The Bertz CT molecular complexity index is 631.